The molecule has 2 aliphatic heterocycles. The molecule has 4 atom stereocenters. The predicted molar refractivity (Wildman–Crippen MR) is 160 cm³/mol. The molecule has 2 heterocycles. The average Bonchev–Trinajstić information content (AvgIpc) is 3.53. The first-order chi connectivity index (χ1) is 21.6. The number of alkyl halides is 3. The van der Waals surface area contributed by atoms with E-state index in [9.17, 15) is 27.9 Å². The molecule has 240 valence electrons. The lowest BCUT2D eigenvalue weighted by Gasteiger charge is -2.38. The Bertz CT molecular complexity index is 1420. The summed E-state index contributed by atoms with van der Waals surface area (Å²) in [5, 5.41) is 12.1. The first-order valence-corrected chi connectivity index (χ1v) is 15.1. The summed E-state index contributed by atoms with van der Waals surface area (Å²) in [5.41, 5.74) is 4.53. The molecular weight excluding hydrogens is 587 g/mol. The summed E-state index contributed by atoms with van der Waals surface area (Å²) < 4.78 is 51.7. The molecule has 11 heteroatoms. The normalized spacial score (nSPS) is 22.0. The van der Waals surface area contributed by atoms with Crippen LogP contribution in [0.25, 0.3) is 0 Å². The third kappa shape index (κ3) is 8.49. The van der Waals surface area contributed by atoms with E-state index >= 15 is 0 Å². The fourth-order valence-corrected chi connectivity index (χ4v) is 5.89. The zero-order valence-electron chi connectivity index (χ0n) is 25.1. The van der Waals surface area contributed by atoms with Gasteiger partial charge in [0.05, 0.1) is 18.8 Å². The Hall–Kier alpha value is -3.77. The maximum absolute atomic E-state index is 13.0. The summed E-state index contributed by atoms with van der Waals surface area (Å²) in [7, 11) is 2.05. The molecule has 4 unspecified atom stereocenters. The summed E-state index contributed by atoms with van der Waals surface area (Å²) in [6.45, 7) is 1.41. The third-order valence-corrected chi connectivity index (χ3v) is 8.20. The van der Waals surface area contributed by atoms with E-state index in [4.69, 9.17) is 9.47 Å². The number of amides is 2. The highest BCUT2D eigenvalue weighted by molar-refractivity contribution is 5.90. The predicted octanol–water partition coefficient (Wildman–Crippen LogP) is 5.03. The Kier molecular flexibility index (Phi) is 10.5. The van der Waals surface area contributed by atoms with Gasteiger partial charge in [0.15, 0.2) is 6.29 Å². The number of benzene rings is 3. The van der Waals surface area contributed by atoms with Gasteiger partial charge in [-0.2, -0.15) is 13.2 Å². The molecule has 2 saturated heterocycles. The highest BCUT2D eigenvalue weighted by atomic mass is 19.4. The summed E-state index contributed by atoms with van der Waals surface area (Å²) in [6.07, 6.45) is -4.86. The van der Waals surface area contributed by atoms with Crippen molar-refractivity contribution in [2.45, 2.75) is 69.7 Å². The van der Waals surface area contributed by atoms with Gasteiger partial charge in [0.2, 0.25) is 5.91 Å². The molecule has 0 aliphatic carbocycles. The molecule has 8 nitrogen and oxygen atoms in total. The largest absolute Gasteiger partial charge is 0.471 e. The summed E-state index contributed by atoms with van der Waals surface area (Å²) in [6, 6.07) is 24.1. The van der Waals surface area contributed by atoms with Gasteiger partial charge in [0.25, 0.3) is 0 Å². The van der Waals surface area contributed by atoms with Crippen LogP contribution in [0.1, 0.15) is 59.5 Å². The molecule has 45 heavy (non-hydrogen) atoms. The van der Waals surface area contributed by atoms with Gasteiger partial charge < -0.3 is 24.8 Å². The van der Waals surface area contributed by atoms with Crippen molar-refractivity contribution in [3.63, 3.8) is 0 Å². The fourth-order valence-electron chi connectivity index (χ4n) is 5.89. The fraction of sp³-hybridized carbons (Fsp3) is 0.412. The van der Waals surface area contributed by atoms with Crippen LogP contribution in [0, 0.1) is 0 Å². The maximum Gasteiger partial charge on any atom is 0.471 e. The van der Waals surface area contributed by atoms with Crippen molar-refractivity contribution < 1.29 is 37.3 Å². The highest BCUT2D eigenvalue weighted by Gasteiger charge is 2.47. The molecule has 0 saturated carbocycles. The van der Waals surface area contributed by atoms with Crippen LogP contribution in [-0.2, 0) is 38.8 Å². The second kappa shape index (κ2) is 14.6. The first-order valence-electron chi connectivity index (χ1n) is 15.1. The van der Waals surface area contributed by atoms with E-state index in [2.05, 4.69) is 29.4 Å². The van der Waals surface area contributed by atoms with Crippen molar-refractivity contribution >= 4 is 11.8 Å². The molecule has 2 fully saturated rings. The second-order valence-electron chi connectivity index (χ2n) is 11.6. The summed E-state index contributed by atoms with van der Waals surface area (Å²) in [4.78, 5) is 27.3. The van der Waals surface area contributed by atoms with Gasteiger partial charge in [-0.3, -0.25) is 14.5 Å². The van der Waals surface area contributed by atoms with E-state index in [-0.39, 0.29) is 38.3 Å². The van der Waals surface area contributed by atoms with E-state index < -0.39 is 30.3 Å². The maximum atomic E-state index is 13.0. The molecule has 2 N–H and O–H groups in total. The lowest BCUT2D eigenvalue weighted by Crippen LogP contribution is -2.50. The Balaban J connectivity index is 1.24. The number of ether oxygens (including phenoxy) is 2. The van der Waals surface area contributed by atoms with Crippen LogP contribution in [-0.4, -0.2) is 65.2 Å². The van der Waals surface area contributed by atoms with Crippen LogP contribution in [0.3, 0.4) is 0 Å². The van der Waals surface area contributed by atoms with Crippen LogP contribution in [0.4, 0.5) is 13.2 Å². The minimum Gasteiger partial charge on any atom is -0.392 e. The molecule has 0 aromatic heterocycles. The number of aliphatic hydroxyl groups is 1. The molecule has 3 aromatic rings. The van der Waals surface area contributed by atoms with Gasteiger partial charge in [0, 0.05) is 38.2 Å². The van der Waals surface area contributed by atoms with Gasteiger partial charge in [-0.05, 0) is 42.1 Å². The van der Waals surface area contributed by atoms with Crippen molar-refractivity contribution in [1.29, 1.82) is 0 Å². The van der Waals surface area contributed by atoms with E-state index in [1.165, 1.54) is 5.56 Å². The zero-order valence-corrected chi connectivity index (χ0v) is 25.1. The minimum atomic E-state index is -5.01. The second-order valence-corrected chi connectivity index (χ2v) is 11.6. The Morgan fingerprint density at radius 2 is 1.60 bits per heavy atom. The lowest BCUT2D eigenvalue weighted by atomic mass is 9.99. The van der Waals surface area contributed by atoms with Gasteiger partial charge in [-0.1, -0.05) is 78.9 Å². The Morgan fingerprint density at radius 3 is 2.27 bits per heavy atom. The van der Waals surface area contributed by atoms with E-state index in [0.717, 1.165) is 28.8 Å². The molecular formula is C34H38F3N3O5. The number of likely N-dealkylation sites (N-methyl/N-ethyl adjacent to an activating group) is 1. The molecule has 5 rings (SSSR count). The molecule has 2 amide bonds. The smallest absolute Gasteiger partial charge is 0.392 e. The topological polar surface area (TPSA) is 91.3 Å². The van der Waals surface area contributed by atoms with Crippen LogP contribution < -0.4 is 5.32 Å². The lowest BCUT2D eigenvalue weighted by molar-refractivity contribution is -0.252. The standard InChI is InChI=1S/C34H38F3N3O5/c1-39(20-24-6-3-2-4-7-24)21-28-18-30(26-13-11-25(22-41)12-14-26)45-32(44-28)27-15-9-23(10-16-27)19-38-31(42)29-8-5-17-40(29)33(43)34(35,36)37/h2-4,6-7,9-16,28-30,32,41H,5,8,17-22H2,1H3,(H,38,42). The van der Waals surface area contributed by atoms with Crippen molar-refractivity contribution in [1.82, 2.24) is 15.1 Å². The average molecular weight is 626 g/mol. The van der Waals surface area contributed by atoms with Crippen LogP contribution in [0.5, 0.6) is 0 Å². The third-order valence-electron chi connectivity index (χ3n) is 8.20. The minimum absolute atomic E-state index is 0.0398. The van der Waals surface area contributed by atoms with Crippen LogP contribution in [0.2, 0.25) is 0 Å². The number of carbonyl (C=O) groups excluding carboxylic acids is 2. The van der Waals surface area contributed by atoms with E-state index in [1.807, 2.05) is 66.7 Å². The zero-order chi connectivity index (χ0) is 32.0. The van der Waals surface area contributed by atoms with Crippen LogP contribution >= 0.6 is 0 Å². The van der Waals surface area contributed by atoms with E-state index in [1.54, 1.807) is 0 Å². The van der Waals surface area contributed by atoms with Gasteiger partial charge in [0.1, 0.15) is 6.04 Å². The Morgan fingerprint density at radius 1 is 0.933 bits per heavy atom. The SMILES string of the molecule is CN(Cc1ccccc1)CC1CC(c2ccc(CO)cc2)OC(c2ccc(CNC(=O)C3CCCN3C(=O)C(F)(F)F)cc2)O1. The number of nitrogens with one attached hydrogen (secondary N) is 1. The number of likely N-dealkylation sites (tertiary alicyclic amines) is 1. The molecule has 0 spiro atoms. The van der Waals surface area contributed by atoms with Crippen LogP contribution in [0.15, 0.2) is 78.9 Å². The molecule has 3 aromatic carbocycles. The number of hydrogen-bond donors (Lipinski definition) is 2. The van der Waals surface area contributed by atoms with Crippen molar-refractivity contribution in [3.05, 3.63) is 107 Å². The number of carbonyl (C=O) groups is 2. The summed E-state index contributed by atoms with van der Waals surface area (Å²) in [5.74, 6) is -2.59. The summed E-state index contributed by atoms with van der Waals surface area (Å²) >= 11 is 0. The van der Waals surface area contributed by atoms with Crippen molar-refractivity contribution in [2.75, 3.05) is 20.1 Å². The van der Waals surface area contributed by atoms with E-state index in [0.29, 0.717) is 24.3 Å². The molecule has 2 aliphatic rings. The van der Waals surface area contributed by atoms with Gasteiger partial charge in [-0.25, -0.2) is 0 Å². The van der Waals surface area contributed by atoms with Gasteiger partial charge >= 0.3 is 12.1 Å². The van der Waals surface area contributed by atoms with Crippen molar-refractivity contribution in [2.24, 2.45) is 0 Å². The molecule has 0 bridgehead atoms. The number of aliphatic hydroxyl groups excluding tert-OH is 1. The highest BCUT2D eigenvalue weighted by Crippen LogP contribution is 2.38. The quantitative estimate of drug-likeness (QED) is 0.329. The number of nitrogens with zero attached hydrogens (tertiary/aromatic N) is 2. The van der Waals surface area contributed by atoms with Crippen molar-refractivity contribution in [3.8, 4) is 0 Å². The number of hydrogen-bond acceptors (Lipinski definition) is 6. The number of rotatable bonds is 10. The molecule has 0 radical (unpaired) electrons. The first kappa shape index (κ1) is 32.6. The van der Waals surface area contributed by atoms with Gasteiger partial charge in [-0.15, -0.1) is 0 Å². The Labute approximate surface area is 260 Å². The number of halogens is 3. The monoisotopic (exact) mass is 625 g/mol.